The fraction of sp³-hybridized carbons (Fsp3) is 0.857. The zero-order valence-corrected chi connectivity index (χ0v) is 15.1. The molecule has 0 rings (SSSR count). The van der Waals surface area contributed by atoms with Crippen LogP contribution in [0.15, 0.2) is 12.2 Å². The third-order valence-electron chi connectivity index (χ3n) is 2.62. The number of hydrogen-bond acceptors (Lipinski definition) is 0. The van der Waals surface area contributed by atoms with Crippen molar-refractivity contribution in [2.75, 3.05) is 0 Å². The van der Waals surface area contributed by atoms with Crippen molar-refractivity contribution in [1.82, 2.24) is 0 Å². The quantitative estimate of drug-likeness (QED) is 0.292. The third-order valence-corrected chi connectivity index (χ3v) is 2.62. The van der Waals surface area contributed by atoms with Gasteiger partial charge in [-0.2, -0.15) is 0 Å². The van der Waals surface area contributed by atoms with Gasteiger partial charge in [-0.15, -0.1) is 49.6 Å². The van der Waals surface area contributed by atoms with Crippen LogP contribution in [-0.4, -0.2) is 0 Å². The summed E-state index contributed by atoms with van der Waals surface area (Å²) in [4.78, 5) is 0. The minimum Gasteiger partial charge on any atom is -0.147 e. The van der Waals surface area contributed by atoms with Crippen LogP contribution < -0.4 is 0 Å². The normalized spacial score (nSPS) is 8.78. The van der Waals surface area contributed by atoms with Gasteiger partial charge in [0.25, 0.3) is 0 Å². The van der Waals surface area contributed by atoms with Crippen LogP contribution in [0.4, 0.5) is 0 Å². The molecule has 0 heterocycles. The Hall–Kier alpha value is 0.900. The molecule has 0 saturated carbocycles. The maximum Gasteiger partial charge on any atom is -0.0351 e. The summed E-state index contributed by atoms with van der Waals surface area (Å²) in [5.41, 5.74) is 0. The number of rotatable bonds is 10. The summed E-state index contributed by atoms with van der Waals surface area (Å²) in [6.07, 6.45) is 18.5. The van der Waals surface area contributed by atoms with Gasteiger partial charge in [-0.3, -0.25) is 0 Å². The SMILES string of the molecule is CCCCCCC=CCCCCCC.Cl.Cl.Cl.Cl. The van der Waals surface area contributed by atoms with Crippen LogP contribution in [-0.2, 0) is 0 Å². The lowest BCUT2D eigenvalue weighted by Crippen LogP contribution is -1.75. The summed E-state index contributed by atoms with van der Waals surface area (Å²) >= 11 is 0. The highest BCUT2D eigenvalue weighted by Crippen LogP contribution is 2.06. The highest BCUT2D eigenvalue weighted by molar-refractivity contribution is 5.86. The predicted octanol–water partition coefficient (Wildman–Crippen LogP) is 7.17. The van der Waals surface area contributed by atoms with E-state index in [1.54, 1.807) is 0 Å². The van der Waals surface area contributed by atoms with Crippen LogP contribution in [0.5, 0.6) is 0 Å². The second-order valence-corrected chi connectivity index (χ2v) is 4.17. The molecule has 0 spiro atoms. The minimum absolute atomic E-state index is 0. The Morgan fingerprint density at radius 3 is 1.11 bits per heavy atom. The Kier molecular flexibility index (Phi) is 53.5. The summed E-state index contributed by atoms with van der Waals surface area (Å²) < 4.78 is 0. The van der Waals surface area contributed by atoms with E-state index in [2.05, 4.69) is 26.0 Å². The van der Waals surface area contributed by atoms with Crippen molar-refractivity contribution in [1.29, 1.82) is 0 Å². The Balaban J connectivity index is -0.000000141. The Morgan fingerprint density at radius 2 is 0.833 bits per heavy atom. The number of halogens is 4. The summed E-state index contributed by atoms with van der Waals surface area (Å²) in [6, 6.07) is 0. The summed E-state index contributed by atoms with van der Waals surface area (Å²) in [5.74, 6) is 0. The summed E-state index contributed by atoms with van der Waals surface area (Å²) in [7, 11) is 0. The average Bonchev–Trinajstić information content (AvgIpc) is 2.21. The lowest BCUT2D eigenvalue weighted by Gasteiger charge is -1.95. The maximum absolute atomic E-state index is 2.38. The van der Waals surface area contributed by atoms with Gasteiger partial charge in [0.2, 0.25) is 0 Å². The van der Waals surface area contributed by atoms with E-state index in [0.29, 0.717) is 0 Å². The van der Waals surface area contributed by atoms with Crippen LogP contribution in [0.1, 0.15) is 78.1 Å². The second-order valence-electron chi connectivity index (χ2n) is 4.17. The largest absolute Gasteiger partial charge is 0.147 e. The molecule has 0 aromatic carbocycles. The molecule has 0 aliphatic rings. The van der Waals surface area contributed by atoms with Crippen molar-refractivity contribution in [2.45, 2.75) is 78.1 Å². The minimum atomic E-state index is 0. The first kappa shape index (κ1) is 31.3. The smallest absolute Gasteiger partial charge is 0.0351 e. The van der Waals surface area contributed by atoms with E-state index in [9.17, 15) is 0 Å². The van der Waals surface area contributed by atoms with Crippen LogP contribution in [0, 0.1) is 0 Å². The van der Waals surface area contributed by atoms with Gasteiger partial charge < -0.3 is 0 Å². The monoisotopic (exact) mass is 340 g/mol. The lowest BCUT2D eigenvalue weighted by atomic mass is 10.1. The Labute approximate surface area is 139 Å². The van der Waals surface area contributed by atoms with Gasteiger partial charge in [0, 0.05) is 0 Å². The summed E-state index contributed by atoms with van der Waals surface area (Å²) in [5, 5.41) is 0. The number of hydrogen-bond donors (Lipinski definition) is 0. The molecule has 0 unspecified atom stereocenters. The molecule has 4 heteroatoms. The first-order chi connectivity index (χ1) is 6.91. The Bertz CT molecular complexity index is 113. The number of allylic oxidation sites excluding steroid dienone is 2. The third kappa shape index (κ3) is 30.2. The molecule has 0 amide bonds. The van der Waals surface area contributed by atoms with E-state index in [0.717, 1.165) is 0 Å². The first-order valence-corrected chi connectivity index (χ1v) is 6.56. The topological polar surface area (TPSA) is 0 Å². The zero-order valence-electron chi connectivity index (χ0n) is 11.9. The molecule has 18 heavy (non-hydrogen) atoms. The van der Waals surface area contributed by atoms with Crippen molar-refractivity contribution in [3.63, 3.8) is 0 Å². The fourth-order valence-electron chi connectivity index (χ4n) is 1.61. The highest BCUT2D eigenvalue weighted by atomic mass is 35.5. The lowest BCUT2D eigenvalue weighted by molar-refractivity contribution is 0.665. The van der Waals surface area contributed by atoms with E-state index in [1.165, 1.54) is 64.2 Å². The molecule has 0 saturated heterocycles. The molecule has 0 aromatic rings. The van der Waals surface area contributed by atoms with Crippen LogP contribution >= 0.6 is 49.6 Å². The van der Waals surface area contributed by atoms with E-state index < -0.39 is 0 Å². The second kappa shape index (κ2) is 30.7. The van der Waals surface area contributed by atoms with E-state index in [-0.39, 0.29) is 49.6 Å². The van der Waals surface area contributed by atoms with E-state index >= 15 is 0 Å². The number of unbranched alkanes of at least 4 members (excludes halogenated alkanes) is 8. The van der Waals surface area contributed by atoms with Gasteiger partial charge in [-0.05, 0) is 25.7 Å². The van der Waals surface area contributed by atoms with Crippen molar-refractivity contribution in [2.24, 2.45) is 0 Å². The Morgan fingerprint density at radius 1 is 0.500 bits per heavy atom. The van der Waals surface area contributed by atoms with Gasteiger partial charge in [-0.1, -0.05) is 64.5 Å². The molecular formula is C14H32Cl4. The molecule has 0 aliphatic heterocycles. The standard InChI is InChI=1S/C14H28.4ClH/c1-3-5-7-9-11-13-14-12-10-8-6-4-2;;;;/h13-14H,3-12H2,1-2H3;4*1H. The van der Waals surface area contributed by atoms with Gasteiger partial charge in [0.15, 0.2) is 0 Å². The molecule has 0 N–H and O–H groups in total. The van der Waals surface area contributed by atoms with Gasteiger partial charge in [0.1, 0.15) is 0 Å². The van der Waals surface area contributed by atoms with Gasteiger partial charge in [-0.25, -0.2) is 0 Å². The van der Waals surface area contributed by atoms with E-state index in [1.807, 2.05) is 0 Å². The van der Waals surface area contributed by atoms with E-state index in [4.69, 9.17) is 0 Å². The van der Waals surface area contributed by atoms with Crippen LogP contribution in [0.25, 0.3) is 0 Å². The summed E-state index contributed by atoms with van der Waals surface area (Å²) in [6.45, 7) is 4.53. The molecule has 116 valence electrons. The van der Waals surface area contributed by atoms with Crippen molar-refractivity contribution in [3.05, 3.63) is 12.2 Å². The van der Waals surface area contributed by atoms with Crippen molar-refractivity contribution in [3.8, 4) is 0 Å². The molecule has 0 aromatic heterocycles. The molecular weight excluding hydrogens is 310 g/mol. The molecule has 0 nitrogen and oxygen atoms in total. The molecule has 0 radical (unpaired) electrons. The predicted molar refractivity (Wildman–Crippen MR) is 95.7 cm³/mol. The molecule has 0 fully saturated rings. The molecule has 0 atom stereocenters. The average molecular weight is 342 g/mol. The fourth-order valence-corrected chi connectivity index (χ4v) is 1.61. The van der Waals surface area contributed by atoms with Gasteiger partial charge in [0.05, 0.1) is 0 Å². The van der Waals surface area contributed by atoms with Crippen LogP contribution in [0.2, 0.25) is 0 Å². The van der Waals surface area contributed by atoms with Crippen molar-refractivity contribution >= 4 is 49.6 Å². The first-order valence-electron chi connectivity index (χ1n) is 6.56. The molecule has 0 bridgehead atoms. The highest BCUT2D eigenvalue weighted by Gasteiger charge is 1.86. The zero-order chi connectivity index (χ0) is 10.5. The van der Waals surface area contributed by atoms with Gasteiger partial charge >= 0.3 is 0 Å². The maximum atomic E-state index is 2.38. The molecule has 0 aliphatic carbocycles. The van der Waals surface area contributed by atoms with Crippen molar-refractivity contribution < 1.29 is 0 Å². The van der Waals surface area contributed by atoms with Crippen LogP contribution in [0.3, 0.4) is 0 Å².